The first-order valence-corrected chi connectivity index (χ1v) is 13.0. The number of amides is 2. The van der Waals surface area contributed by atoms with E-state index in [1.54, 1.807) is 11.8 Å². The molecule has 0 aliphatic carbocycles. The van der Waals surface area contributed by atoms with Gasteiger partial charge in [0.2, 0.25) is 5.91 Å². The lowest BCUT2D eigenvalue weighted by atomic mass is 10.1. The minimum Gasteiger partial charge on any atom is -0.361 e. The van der Waals surface area contributed by atoms with E-state index in [4.69, 9.17) is 12.2 Å². The lowest BCUT2D eigenvalue weighted by molar-refractivity contribution is -0.120. The average molecular weight is 528 g/mol. The van der Waals surface area contributed by atoms with Crippen LogP contribution in [-0.2, 0) is 9.59 Å². The van der Waals surface area contributed by atoms with Crippen LogP contribution in [0.1, 0.15) is 6.42 Å². The second-order valence-electron chi connectivity index (χ2n) is 8.38. The maximum Gasteiger partial charge on any atom is 0.258 e. The van der Waals surface area contributed by atoms with Gasteiger partial charge in [0.05, 0.1) is 11.4 Å². The van der Waals surface area contributed by atoms with Gasteiger partial charge in [-0.2, -0.15) is 0 Å². The number of hydrogen-bond acceptors (Lipinski definition) is 5. The number of anilines is 3. The third kappa shape index (κ3) is 5.84. The maximum absolute atomic E-state index is 12.8. The summed E-state index contributed by atoms with van der Waals surface area (Å²) in [4.78, 5) is 29.4. The van der Waals surface area contributed by atoms with Crippen molar-refractivity contribution in [3.8, 4) is 0 Å². The van der Waals surface area contributed by atoms with Crippen molar-refractivity contribution in [3.63, 3.8) is 0 Å². The quantitative estimate of drug-likeness (QED) is 0.208. The molecule has 4 N–H and O–H groups in total. The van der Waals surface area contributed by atoms with Gasteiger partial charge in [-0.25, -0.2) is 0 Å². The Balaban J connectivity index is 1.09. The number of benzene rings is 4. The van der Waals surface area contributed by atoms with Crippen LogP contribution in [-0.4, -0.2) is 30.0 Å². The molecule has 7 nitrogen and oxygen atoms in total. The fourth-order valence-electron chi connectivity index (χ4n) is 4.14. The molecule has 9 heteroatoms. The first-order chi connectivity index (χ1) is 18.1. The van der Waals surface area contributed by atoms with Crippen LogP contribution in [0.2, 0.25) is 0 Å². The van der Waals surface area contributed by atoms with Gasteiger partial charge in [0.25, 0.3) is 5.91 Å². The molecule has 1 aliphatic heterocycles. The number of nitrogens with zero attached hydrogens (tertiary/aromatic N) is 1. The minimum atomic E-state index is -0.241. The summed E-state index contributed by atoms with van der Waals surface area (Å²) >= 11 is 6.95. The van der Waals surface area contributed by atoms with E-state index in [0.717, 1.165) is 37.6 Å². The van der Waals surface area contributed by atoms with Gasteiger partial charge < -0.3 is 15.5 Å². The highest BCUT2D eigenvalue weighted by atomic mass is 32.2. The second kappa shape index (κ2) is 11.3. The molecule has 1 heterocycles. The molecule has 0 aromatic heterocycles. The highest BCUT2D eigenvalue weighted by Crippen LogP contribution is 2.47. The minimum absolute atomic E-state index is 0.123. The van der Waals surface area contributed by atoms with Crippen molar-refractivity contribution in [2.24, 2.45) is 0 Å². The van der Waals surface area contributed by atoms with E-state index in [9.17, 15) is 9.59 Å². The van der Waals surface area contributed by atoms with Crippen molar-refractivity contribution in [1.29, 1.82) is 0 Å². The molecule has 0 radical (unpaired) electrons. The van der Waals surface area contributed by atoms with E-state index in [2.05, 4.69) is 33.6 Å². The molecule has 0 saturated heterocycles. The van der Waals surface area contributed by atoms with E-state index in [-0.39, 0.29) is 29.9 Å². The van der Waals surface area contributed by atoms with Crippen LogP contribution in [0.3, 0.4) is 0 Å². The van der Waals surface area contributed by atoms with E-state index in [0.29, 0.717) is 6.54 Å². The van der Waals surface area contributed by atoms with Gasteiger partial charge in [0, 0.05) is 33.8 Å². The third-order valence-corrected chi connectivity index (χ3v) is 7.23. The first kappa shape index (κ1) is 24.6. The highest BCUT2D eigenvalue weighted by molar-refractivity contribution is 7.99. The summed E-state index contributed by atoms with van der Waals surface area (Å²) in [6.07, 6.45) is 0.220. The molecule has 4 aromatic carbocycles. The predicted molar refractivity (Wildman–Crippen MR) is 153 cm³/mol. The molecular weight excluding hydrogens is 502 g/mol. The van der Waals surface area contributed by atoms with Crippen LogP contribution in [0.15, 0.2) is 101 Å². The number of rotatable bonds is 6. The molecule has 0 atom stereocenters. The molecule has 0 bridgehead atoms. The van der Waals surface area contributed by atoms with Crippen molar-refractivity contribution in [2.75, 3.05) is 23.3 Å². The smallest absolute Gasteiger partial charge is 0.258 e. The van der Waals surface area contributed by atoms with Gasteiger partial charge in [-0.1, -0.05) is 72.4 Å². The Labute approximate surface area is 224 Å². The normalized spacial score (nSPS) is 11.7. The fraction of sp³-hybridized carbons (Fsp3) is 0.107. The third-order valence-electron chi connectivity index (χ3n) is 5.85. The van der Waals surface area contributed by atoms with Crippen LogP contribution < -0.4 is 26.4 Å². The van der Waals surface area contributed by atoms with Crippen LogP contribution in [0.4, 0.5) is 17.1 Å². The van der Waals surface area contributed by atoms with E-state index >= 15 is 0 Å². The van der Waals surface area contributed by atoms with Gasteiger partial charge in [-0.05, 0) is 47.9 Å². The zero-order chi connectivity index (χ0) is 25.6. The molecule has 186 valence electrons. The summed E-state index contributed by atoms with van der Waals surface area (Å²) in [5.74, 6) is -0.370. The summed E-state index contributed by atoms with van der Waals surface area (Å²) < 4.78 is 0. The molecule has 0 saturated carbocycles. The summed E-state index contributed by atoms with van der Waals surface area (Å²) in [6.45, 7) is 0.444. The van der Waals surface area contributed by atoms with Gasteiger partial charge in [0.1, 0.15) is 6.54 Å². The van der Waals surface area contributed by atoms with Crippen molar-refractivity contribution in [1.82, 2.24) is 16.2 Å². The number of nitrogens with one attached hydrogen (secondary N) is 4. The lowest BCUT2D eigenvalue weighted by Crippen LogP contribution is -2.49. The molecule has 0 spiro atoms. The number of carbonyl (C=O) groups is 2. The van der Waals surface area contributed by atoms with Crippen molar-refractivity contribution in [3.05, 3.63) is 91.0 Å². The van der Waals surface area contributed by atoms with E-state index in [1.807, 2.05) is 83.8 Å². The Bertz CT molecular complexity index is 1430. The Morgan fingerprint density at radius 2 is 1.41 bits per heavy atom. The van der Waals surface area contributed by atoms with Crippen molar-refractivity contribution < 1.29 is 9.59 Å². The predicted octanol–water partition coefficient (Wildman–Crippen LogP) is 4.97. The van der Waals surface area contributed by atoms with E-state index in [1.165, 1.54) is 0 Å². The Kier molecular flexibility index (Phi) is 7.53. The number of hydrazine groups is 1. The zero-order valence-corrected chi connectivity index (χ0v) is 21.5. The average Bonchev–Trinajstić information content (AvgIpc) is 2.92. The molecule has 1 aliphatic rings. The van der Waals surface area contributed by atoms with Gasteiger partial charge in [-0.3, -0.25) is 20.4 Å². The largest absolute Gasteiger partial charge is 0.361 e. The Hall–Kier alpha value is -4.08. The number of para-hydroxylation sites is 2. The SMILES string of the molecule is O=C(CN1c2ccccc2Sc2ccccc21)NNC(=S)NCCC(=O)Nc1cccc2ccccc12. The number of thiocarbonyl (C=S) groups is 1. The van der Waals surface area contributed by atoms with Crippen molar-refractivity contribution >= 4 is 68.7 Å². The number of fused-ring (bicyclic) bond motifs is 3. The molecule has 5 rings (SSSR count). The molecular formula is C28H25N5O2S2. The summed E-state index contributed by atoms with van der Waals surface area (Å²) in [6, 6.07) is 29.7. The monoisotopic (exact) mass is 527 g/mol. The molecule has 37 heavy (non-hydrogen) atoms. The first-order valence-electron chi connectivity index (χ1n) is 11.8. The molecule has 0 unspecified atom stereocenters. The van der Waals surface area contributed by atoms with Crippen LogP contribution in [0.5, 0.6) is 0 Å². The second-order valence-corrected chi connectivity index (χ2v) is 9.87. The van der Waals surface area contributed by atoms with Crippen LogP contribution in [0, 0.1) is 0 Å². The van der Waals surface area contributed by atoms with Crippen LogP contribution in [0.25, 0.3) is 10.8 Å². The lowest BCUT2D eigenvalue weighted by Gasteiger charge is -2.32. The molecule has 0 fully saturated rings. The van der Waals surface area contributed by atoms with Crippen LogP contribution >= 0.6 is 24.0 Å². The summed E-state index contributed by atoms with van der Waals surface area (Å²) in [7, 11) is 0. The fourth-order valence-corrected chi connectivity index (χ4v) is 5.39. The maximum atomic E-state index is 12.8. The van der Waals surface area contributed by atoms with E-state index < -0.39 is 0 Å². The standard InChI is InChI=1S/C28H25N5O2S2/c34-26(30-21-11-7-9-19-8-1-2-10-20(19)21)16-17-29-28(36)32-31-27(35)18-33-22-12-3-5-14-24(22)37-25-15-6-4-13-23(25)33/h1-15H,16-18H2,(H,30,34)(H,31,35)(H2,29,32,36). The molecule has 2 amide bonds. The Morgan fingerprint density at radius 3 is 2.16 bits per heavy atom. The highest BCUT2D eigenvalue weighted by Gasteiger charge is 2.24. The molecule has 4 aromatic rings. The Morgan fingerprint density at radius 1 is 0.757 bits per heavy atom. The number of carbonyl (C=O) groups excluding carboxylic acids is 2. The van der Waals surface area contributed by atoms with Crippen molar-refractivity contribution in [2.45, 2.75) is 16.2 Å². The van der Waals surface area contributed by atoms with Gasteiger partial charge in [0.15, 0.2) is 5.11 Å². The topological polar surface area (TPSA) is 85.5 Å². The zero-order valence-electron chi connectivity index (χ0n) is 19.9. The van der Waals surface area contributed by atoms with Gasteiger partial charge in [-0.15, -0.1) is 0 Å². The summed E-state index contributed by atoms with van der Waals surface area (Å²) in [5, 5.41) is 8.20. The summed E-state index contributed by atoms with van der Waals surface area (Å²) in [5.41, 5.74) is 8.12. The van der Waals surface area contributed by atoms with Gasteiger partial charge >= 0.3 is 0 Å². The number of hydrogen-bond donors (Lipinski definition) is 4.